The molecule has 0 spiro atoms. The molecular weight excluding hydrogens is 208 g/mol. The SMILES string of the molecule is [B]C1[CH-]C(C)C([CH2-])(CC)C1.[Y]. The third-order valence-corrected chi connectivity index (χ3v) is 2.85. The Kier molecular flexibility index (Phi) is 4.89. The molecule has 3 atom stereocenters. The van der Waals surface area contributed by atoms with Gasteiger partial charge < -0.3 is 13.3 Å². The van der Waals surface area contributed by atoms with Gasteiger partial charge in [-0.25, -0.2) is 5.82 Å². The first-order chi connectivity index (χ1) is 4.58. The first-order valence-corrected chi connectivity index (χ1v) is 4.04. The van der Waals surface area contributed by atoms with Crippen LogP contribution in [0.5, 0.6) is 0 Å². The minimum atomic E-state index is 0. The average molecular weight is 223 g/mol. The number of rotatable bonds is 1. The van der Waals surface area contributed by atoms with E-state index in [0.717, 1.165) is 12.8 Å². The quantitative estimate of drug-likeness (QED) is 0.473. The van der Waals surface area contributed by atoms with Crippen molar-refractivity contribution in [2.24, 2.45) is 11.3 Å². The van der Waals surface area contributed by atoms with Crippen molar-refractivity contribution in [1.29, 1.82) is 0 Å². The van der Waals surface area contributed by atoms with Crippen molar-refractivity contribution in [3.63, 3.8) is 0 Å². The van der Waals surface area contributed by atoms with E-state index in [-0.39, 0.29) is 43.9 Å². The van der Waals surface area contributed by atoms with E-state index < -0.39 is 0 Å². The second kappa shape index (κ2) is 4.42. The summed E-state index contributed by atoms with van der Waals surface area (Å²) in [6, 6.07) is 0. The molecule has 0 heterocycles. The van der Waals surface area contributed by atoms with Crippen molar-refractivity contribution < 1.29 is 32.7 Å². The Morgan fingerprint density at radius 1 is 1.73 bits per heavy atom. The van der Waals surface area contributed by atoms with E-state index in [1.165, 1.54) is 0 Å². The van der Waals surface area contributed by atoms with E-state index in [1.807, 2.05) is 0 Å². The average Bonchev–Trinajstić information content (AvgIpc) is 2.09. The summed E-state index contributed by atoms with van der Waals surface area (Å²) in [6.45, 7) is 8.61. The van der Waals surface area contributed by atoms with Gasteiger partial charge in [-0.2, -0.15) is 11.3 Å². The zero-order chi connectivity index (χ0) is 7.78. The van der Waals surface area contributed by atoms with Gasteiger partial charge >= 0.3 is 0 Å². The molecule has 1 fully saturated rings. The molecule has 2 heteroatoms. The molecule has 0 aliphatic heterocycles. The molecule has 0 aromatic rings. The van der Waals surface area contributed by atoms with Crippen molar-refractivity contribution in [3.05, 3.63) is 13.3 Å². The van der Waals surface area contributed by atoms with Crippen molar-refractivity contribution in [3.8, 4) is 0 Å². The topological polar surface area (TPSA) is 0 Å². The van der Waals surface area contributed by atoms with Crippen LogP contribution in [0.1, 0.15) is 26.7 Å². The summed E-state index contributed by atoms with van der Waals surface area (Å²) < 4.78 is 0. The van der Waals surface area contributed by atoms with Gasteiger partial charge in [-0.15, -0.1) is 6.42 Å². The van der Waals surface area contributed by atoms with Gasteiger partial charge in [-0.1, -0.05) is 20.3 Å². The van der Waals surface area contributed by atoms with Crippen LogP contribution in [0.4, 0.5) is 0 Å². The second-order valence-electron chi connectivity index (χ2n) is 3.57. The van der Waals surface area contributed by atoms with Crippen molar-refractivity contribution in [1.82, 2.24) is 0 Å². The van der Waals surface area contributed by atoms with Gasteiger partial charge in [0.25, 0.3) is 0 Å². The molecule has 11 heavy (non-hydrogen) atoms. The second-order valence-corrected chi connectivity index (χ2v) is 3.57. The van der Waals surface area contributed by atoms with Gasteiger partial charge in [0.1, 0.15) is 0 Å². The third kappa shape index (κ3) is 2.56. The van der Waals surface area contributed by atoms with Crippen molar-refractivity contribution in [2.45, 2.75) is 32.5 Å². The maximum Gasteiger partial charge on any atom is 0.0313 e. The molecule has 1 saturated carbocycles. The molecular formula is C9H15BY-2. The van der Waals surface area contributed by atoms with Gasteiger partial charge in [0.05, 0.1) is 0 Å². The van der Waals surface area contributed by atoms with Crippen LogP contribution < -0.4 is 0 Å². The molecule has 1 rings (SSSR count). The van der Waals surface area contributed by atoms with Crippen LogP contribution in [0.3, 0.4) is 0 Å². The minimum absolute atomic E-state index is 0. The summed E-state index contributed by atoms with van der Waals surface area (Å²) in [4.78, 5) is 0. The van der Waals surface area contributed by atoms with Crippen LogP contribution in [0.2, 0.25) is 5.82 Å². The Labute approximate surface area is 97.2 Å². The molecule has 0 aromatic carbocycles. The number of hydrogen-bond acceptors (Lipinski definition) is 0. The molecule has 0 amide bonds. The Morgan fingerprint density at radius 3 is 2.45 bits per heavy atom. The van der Waals surface area contributed by atoms with E-state index >= 15 is 0 Å². The normalized spacial score (nSPS) is 43.5. The van der Waals surface area contributed by atoms with Gasteiger partial charge in [0, 0.05) is 40.6 Å². The predicted octanol–water partition coefficient (Wildman–Crippen LogP) is 2.42. The molecule has 0 aromatic heterocycles. The summed E-state index contributed by atoms with van der Waals surface area (Å²) in [5, 5.41) is 0. The van der Waals surface area contributed by atoms with Gasteiger partial charge in [0.15, 0.2) is 0 Å². The van der Waals surface area contributed by atoms with Crippen LogP contribution in [-0.4, -0.2) is 7.85 Å². The zero-order valence-corrected chi connectivity index (χ0v) is 10.3. The standard InChI is InChI=1S/C9H15B.Y/c1-4-9(3)6-8(10)5-7(9)2;/h5,7-8H,3-4,6H2,1-2H3;/q-2;. The maximum atomic E-state index is 5.78. The van der Waals surface area contributed by atoms with Gasteiger partial charge in [-0.05, 0) is 0 Å². The van der Waals surface area contributed by atoms with Crippen LogP contribution in [0.25, 0.3) is 0 Å². The fraction of sp³-hybridized carbons (Fsp3) is 0.778. The Hall–Kier alpha value is 1.17. The molecule has 3 radical (unpaired) electrons. The summed E-state index contributed by atoms with van der Waals surface area (Å²) >= 11 is 0. The molecule has 59 valence electrons. The van der Waals surface area contributed by atoms with E-state index in [4.69, 9.17) is 7.85 Å². The molecule has 0 saturated heterocycles. The van der Waals surface area contributed by atoms with E-state index in [2.05, 4.69) is 27.2 Å². The molecule has 1 aliphatic carbocycles. The number of hydrogen-bond donors (Lipinski definition) is 0. The monoisotopic (exact) mass is 223 g/mol. The molecule has 0 bridgehead atoms. The summed E-state index contributed by atoms with van der Waals surface area (Å²) in [6.07, 6.45) is 4.42. The third-order valence-electron chi connectivity index (χ3n) is 2.85. The van der Waals surface area contributed by atoms with Crippen molar-refractivity contribution in [2.75, 3.05) is 0 Å². The smallest absolute Gasteiger partial charge is 0.0313 e. The molecule has 1 aliphatic rings. The van der Waals surface area contributed by atoms with E-state index in [9.17, 15) is 0 Å². The summed E-state index contributed by atoms with van der Waals surface area (Å²) in [5.41, 5.74) is 0.236. The van der Waals surface area contributed by atoms with E-state index in [1.54, 1.807) is 0 Å². The van der Waals surface area contributed by atoms with E-state index in [0.29, 0.717) is 5.92 Å². The van der Waals surface area contributed by atoms with Crippen molar-refractivity contribution >= 4 is 7.85 Å². The Bertz CT molecular complexity index is 127. The maximum absolute atomic E-state index is 5.78. The predicted molar refractivity (Wildman–Crippen MR) is 45.7 cm³/mol. The zero-order valence-electron chi connectivity index (χ0n) is 7.51. The summed E-state index contributed by atoms with van der Waals surface area (Å²) in [7, 11) is 5.78. The fourth-order valence-electron chi connectivity index (χ4n) is 1.76. The van der Waals surface area contributed by atoms with Gasteiger partial charge in [-0.3, -0.25) is 0 Å². The molecule has 0 nitrogen and oxygen atoms in total. The van der Waals surface area contributed by atoms with Gasteiger partial charge in [0.2, 0.25) is 0 Å². The van der Waals surface area contributed by atoms with Crippen LogP contribution >= 0.6 is 0 Å². The first kappa shape index (κ1) is 12.2. The first-order valence-electron chi connectivity index (χ1n) is 4.04. The molecule has 3 unspecified atom stereocenters. The van der Waals surface area contributed by atoms with Crippen LogP contribution in [0.15, 0.2) is 0 Å². The Balaban J connectivity index is 0.000001000. The minimum Gasteiger partial charge on any atom is -0.340 e. The van der Waals surface area contributed by atoms with Crippen LogP contribution in [-0.2, 0) is 32.7 Å². The fourth-order valence-corrected chi connectivity index (χ4v) is 1.76. The largest absolute Gasteiger partial charge is 0.340 e. The van der Waals surface area contributed by atoms with Crippen LogP contribution in [0, 0.1) is 24.7 Å². The molecule has 0 N–H and O–H groups in total. The Morgan fingerprint density at radius 2 is 2.27 bits per heavy atom. The summed E-state index contributed by atoms with van der Waals surface area (Å²) in [5.74, 6) is 0.875.